The van der Waals surface area contributed by atoms with Gasteiger partial charge in [-0.1, -0.05) is 18.2 Å². The van der Waals surface area contributed by atoms with Gasteiger partial charge in [-0.3, -0.25) is 9.52 Å². The van der Waals surface area contributed by atoms with Gasteiger partial charge in [-0.2, -0.15) is 5.10 Å². The van der Waals surface area contributed by atoms with Crippen LogP contribution in [0, 0.1) is 13.8 Å². The maximum Gasteiger partial charge on any atom is 0.265 e. The Morgan fingerprint density at radius 3 is 2.21 bits per heavy atom. The number of carbonyl (C=O) groups excluding carboxylic acids is 1. The molecule has 1 N–H and O–H groups in total. The molecule has 7 nitrogen and oxygen atoms in total. The highest BCUT2D eigenvalue weighted by atomic mass is 32.2. The molecule has 0 spiro atoms. The quantitative estimate of drug-likeness (QED) is 0.715. The molecule has 1 heterocycles. The molecule has 0 saturated heterocycles. The summed E-state index contributed by atoms with van der Waals surface area (Å²) in [7, 11) is -2.17. The Bertz CT molecular complexity index is 1100. The second kappa shape index (κ2) is 7.47. The zero-order chi connectivity index (χ0) is 20.5. The van der Waals surface area contributed by atoms with Gasteiger partial charge in [-0.05, 0) is 50.2 Å². The minimum Gasteiger partial charge on any atom is -0.316 e. The van der Waals surface area contributed by atoms with Crippen LogP contribution in [0.1, 0.15) is 18.3 Å². The van der Waals surface area contributed by atoms with Crippen molar-refractivity contribution >= 4 is 27.3 Å². The summed E-state index contributed by atoms with van der Waals surface area (Å²) in [6.07, 6.45) is 0. The van der Waals surface area contributed by atoms with Crippen molar-refractivity contribution in [1.29, 1.82) is 0 Å². The third-order valence-electron chi connectivity index (χ3n) is 4.47. The molecule has 0 aliphatic carbocycles. The highest BCUT2D eigenvalue weighted by Crippen LogP contribution is 2.25. The summed E-state index contributed by atoms with van der Waals surface area (Å²) in [4.78, 5) is 13.1. The van der Waals surface area contributed by atoms with E-state index in [0.717, 1.165) is 5.69 Å². The SMILES string of the molecule is CC(=O)N(C)c1ccc(NS(=O)(=O)c2c(C)nn(-c3ccccc3)c2C)cc1. The summed E-state index contributed by atoms with van der Waals surface area (Å²) in [5.74, 6) is -0.104. The fourth-order valence-corrected chi connectivity index (χ4v) is 4.43. The van der Waals surface area contributed by atoms with Gasteiger partial charge < -0.3 is 4.90 Å². The fraction of sp³-hybridized carbons (Fsp3) is 0.200. The molecule has 8 heteroatoms. The highest BCUT2D eigenvalue weighted by Gasteiger charge is 2.25. The van der Waals surface area contributed by atoms with Gasteiger partial charge in [0.25, 0.3) is 10.0 Å². The molecule has 146 valence electrons. The van der Waals surface area contributed by atoms with Crippen molar-refractivity contribution in [3.8, 4) is 5.69 Å². The first-order valence-electron chi connectivity index (χ1n) is 8.69. The third-order valence-corrected chi connectivity index (χ3v) is 6.11. The maximum absolute atomic E-state index is 13.0. The van der Waals surface area contributed by atoms with Crippen molar-refractivity contribution in [3.05, 3.63) is 66.0 Å². The molecule has 3 aromatic rings. The van der Waals surface area contributed by atoms with Gasteiger partial charge in [-0.15, -0.1) is 0 Å². The number of anilines is 2. The monoisotopic (exact) mass is 398 g/mol. The molecular weight excluding hydrogens is 376 g/mol. The number of carbonyl (C=O) groups is 1. The van der Waals surface area contributed by atoms with Gasteiger partial charge in [0, 0.05) is 25.3 Å². The first-order chi connectivity index (χ1) is 13.2. The van der Waals surface area contributed by atoms with Crippen molar-refractivity contribution in [2.45, 2.75) is 25.7 Å². The lowest BCUT2D eigenvalue weighted by atomic mass is 10.2. The summed E-state index contributed by atoms with van der Waals surface area (Å²) in [6.45, 7) is 4.87. The van der Waals surface area contributed by atoms with Crippen LogP contribution in [0.3, 0.4) is 0 Å². The van der Waals surface area contributed by atoms with Crippen LogP contribution in [-0.4, -0.2) is 31.2 Å². The third kappa shape index (κ3) is 3.77. The first kappa shape index (κ1) is 19.6. The Balaban J connectivity index is 1.92. The van der Waals surface area contributed by atoms with Crippen LogP contribution in [0.2, 0.25) is 0 Å². The molecule has 0 aliphatic heterocycles. The molecule has 0 fully saturated rings. The van der Waals surface area contributed by atoms with Crippen LogP contribution in [0.15, 0.2) is 59.5 Å². The summed E-state index contributed by atoms with van der Waals surface area (Å²) < 4.78 is 30.2. The number of nitrogens with one attached hydrogen (secondary N) is 1. The van der Waals surface area contributed by atoms with E-state index in [1.807, 2.05) is 30.3 Å². The lowest BCUT2D eigenvalue weighted by molar-refractivity contribution is -0.116. The molecule has 0 atom stereocenters. The maximum atomic E-state index is 13.0. The molecule has 0 radical (unpaired) electrons. The van der Waals surface area contributed by atoms with E-state index in [0.29, 0.717) is 22.8 Å². The Labute approximate surface area is 164 Å². The zero-order valence-corrected chi connectivity index (χ0v) is 17.0. The molecular formula is C20H22N4O3S. The van der Waals surface area contributed by atoms with E-state index in [4.69, 9.17) is 0 Å². The van der Waals surface area contributed by atoms with Crippen molar-refractivity contribution in [1.82, 2.24) is 9.78 Å². The molecule has 0 aliphatic rings. The zero-order valence-electron chi connectivity index (χ0n) is 16.2. The number of hydrogen-bond acceptors (Lipinski definition) is 4. The predicted octanol–water partition coefficient (Wildman–Crippen LogP) is 3.27. The number of sulfonamides is 1. The lowest BCUT2D eigenvalue weighted by Crippen LogP contribution is -2.22. The molecule has 1 amide bonds. The number of aromatic nitrogens is 2. The van der Waals surface area contributed by atoms with Crippen molar-refractivity contribution in [3.63, 3.8) is 0 Å². The standard InChI is InChI=1S/C20H22N4O3S/c1-14-20(15(2)24(21-14)19-8-6-5-7-9-19)28(26,27)22-17-10-12-18(13-11-17)23(4)16(3)25/h5-13,22H,1-4H3. The number of rotatable bonds is 5. The van der Waals surface area contributed by atoms with Crippen LogP contribution in [0.4, 0.5) is 11.4 Å². The largest absolute Gasteiger partial charge is 0.316 e. The van der Waals surface area contributed by atoms with E-state index < -0.39 is 10.0 Å². The summed E-state index contributed by atoms with van der Waals surface area (Å²) >= 11 is 0. The van der Waals surface area contributed by atoms with Gasteiger partial charge in [0.2, 0.25) is 5.91 Å². The number of nitrogens with zero attached hydrogens (tertiary/aromatic N) is 3. The van der Waals surface area contributed by atoms with Crippen LogP contribution in [0.25, 0.3) is 5.69 Å². The van der Waals surface area contributed by atoms with Gasteiger partial charge in [0.15, 0.2) is 0 Å². The van der Waals surface area contributed by atoms with Gasteiger partial charge in [-0.25, -0.2) is 13.1 Å². The van der Waals surface area contributed by atoms with E-state index >= 15 is 0 Å². The summed E-state index contributed by atoms with van der Waals surface area (Å²) in [6, 6.07) is 16.0. The van der Waals surface area contributed by atoms with Gasteiger partial charge in [0.1, 0.15) is 4.90 Å². The van der Waals surface area contributed by atoms with Crippen LogP contribution < -0.4 is 9.62 Å². The lowest BCUT2D eigenvalue weighted by Gasteiger charge is -2.15. The molecule has 0 unspecified atom stereocenters. The van der Waals surface area contributed by atoms with E-state index in [1.165, 1.54) is 11.8 Å². The first-order valence-corrected chi connectivity index (χ1v) is 10.2. The van der Waals surface area contributed by atoms with Gasteiger partial charge in [0.05, 0.1) is 17.1 Å². The van der Waals surface area contributed by atoms with E-state index in [2.05, 4.69) is 9.82 Å². The number of para-hydroxylation sites is 1. The fourth-order valence-electron chi connectivity index (χ4n) is 2.98. The number of aryl methyl sites for hydroxylation is 1. The molecule has 3 rings (SSSR count). The average Bonchev–Trinajstić information content (AvgIpc) is 2.97. The van der Waals surface area contributed by atoms with Gasteiger partial charge >= 0.3 is 0 Å². The summed E-state index contributed by atoms with van der Waals surface area (Å²) in [5.41, 5.74) is 2.83. The Morgan fingerprint density at radius 1 is 1.04 bits per heavy atom. The Morgan fingerprint density at radius 2 is 1.64 bits per heavy atom. The minimum absolute atomic E-state index is 0.104. The van der Waals surface area contributed by atoms with Crippen LogP contribution in [-0.2, 0) is 14.8 Å². The normalized spacial score (nSPS) is 11.3. The highest BCUT2D eigenvalue weighted by molar-refractivity contribution is 7.92. The van der Waals surface area contributed by atoms with E-state index in [1.54, 1.807) is 49.8 Å². The molecule has 0 saturated carbocycles. The average molecular weight is 398 g/mol. The molecule has 2 aromatic carbocycles. The Kier molecular flexibility index (Phi) is 5.24. The van der Waals surface area contributed by atoms with E-state index in [-0.39, 0.29) is 10.8 Å². The second-order valence-electron chi connectivity index (χ2n) is 6.48. The van der Waals surface area contributed by atoms with E-state index in [9.17, 15) is 13.2 Å². The smallest absolute Gasteiger partial charge is 0.265 e. The number of hydrogen-bond donors (Lipinski definition) is 1. The topological polar surface area (TPSA) is 84.3 Å². The number of benzene rings is 2. The van der Waals surface area contributed by atoms with Crippen molar-refractivity contribution in [2.75, 3.05) is 16.7 Å². The predicted molar refractivity (Wildman–Crippen MR) is 109 cm³/mol. The van der Waals surface area contributed by atoms with Crippen molar-refractivity contribution in [2.24, 2.45) is 0 Å². The second-order valence-corrected chi connectivity index (χ2v) is 8.10. The van der Waals surface area contributed by atoms with Crippen LogP contribution >= 0.6 is 0 Å². The van der Waals surface area contributed by atoms with Crippen LogP contribution in [0.5, 0.6) is 0 Å². The Hall–Kier alpha value is -3.13. The van der Waals surface area contributed by atoms with Crippen molar-refractivity contribution < 1.29 is 13.2 Å². The minimum atomic E-state index is -3.83. The molecule has 1 aromatic heterocycles. The number of amides is 1. The molecule has 28 heavy (non-hydrogen) atoms. The summed E-state index contributed by atoms with van der Waals surface area (Å²) in [5, 5.41) is 4.40. The molecule has 0 bridgehead atoms.